The lowest BCUT2D eigenvalue weighted by Crippen LogP contribution is -2.40. The Bertz CT molecular complexity index is 1540. The van der Waals surface area contributed by atoms with E-state index in [4.69, 9.17) is 26.1 Å². The van der Waals surface area contributed by atoms with Crippen LogP contribution in [-0.4, -0.2) is 53.0 Å². The monoisotopic (exact) mass is 559 g/mol. The fourth-order valence-corrected chi connectivity index (χ4v) is 5.68. The molecule has 0 radical (unpaired) electrons. The summed E-state index contributed by atoms with van der Waals surface area (Å²) >= 11 is 6.21. The minimum Gasteiger partial charge on any atom is -0.497 e. The van der Waals surface area contributed by atoms with Crippen LogP contribution in [0.3, 0.4) is 0 Å². The zero-order chi connectivity index (χ0) is 28.2. The Morgan fingerprint density at radius 2 is 1.85 bits per heavy atom. The predicted octanol–water partition coefficient (Wildman–Crippen LogP) is 6.37. The number of halogens is 1. The van der Waals surface area contributed by atoms with E-state index in [1.165, 1.54) is 0 Å². The molecule has 208 valence electrons. The number of carbonyl (C=O) groups excluding carboxylic acids is 2. The maximum absolute atomic E-state index is 13.3. The minimum atomic E-state index is -0.157. The van der Waals surface area contributed by atoms with Crippen LogP contribution in [-0.2, 0) is 20.7 Å². The topological polar surface area (TPSA) is 73.1 Å². The second kappa shape index (κ2) is 12.1. The van der Waals surface area contributed by atoms with Gasteiger partial charge in [0.05, 0.1) is 31.0 Å². The molecular formula is C32H34ClN3O4. The first-order valence-corrected chi connectivity index (χ1v) is 14.1. The third kappa shape index (κ3) is 5.85. The fraction of sp³-hybridized carbons (Fsp3) is 0.344. The third-order valence-electron chi connectivity index (χ3n) is 7.60. The number of piperidine rings is 1. The van der Waals surface area contributed by atoms with E-state index in [9.17, 15) is 9.59 Å². The molecule has 7 nitrogen and oxygen atoms in total. The zero-order valence-corrected chi connectivity index (χ0v) is 23.9. The van der Waals surface area contributed by atoms with Crippen LogP contribution in [0.15, 0.2) is 60.8 Å². The SMILES string of the molecule is CCOC(=O)C1CCN(C(=O)CCc2c(-c3cccc(OC)c3)nc3ccc(-c4ccc(Cl)cc4C)cn23)CC1. The number of likely N-dealkylation sites (tertiary alicyclic amines) is 1. The number of imidazole rings is 1. The molecule has 4 aromatic rings. The molecule has 0 bridgehead atoms. The summed E-state index contributed by atoms with van der Waals surface area (Å²) in [6.07, 6.45) is 4.23. The second-order valence-corrected chi connectivity index (χ2v) is 10.6. The fourth-order valence-electron chi connectivity index (χ4n) is 5.45. The highest BCUT2D eigenvalue weighted by molar-refractivity contribution is 6.30. The van der Waals surface area contributed by atoms with Crippen molar-refractivity contribution in [2.45, 2.75) is 39.5 Å². The number of ether oxygens (including phenoxy) is 2. The summed E-state index contributed by atoms with van der Waals surface area (Å²) in [4.78, 5) is 32.3. The van der Waals surface area contributed by atoms with Gasteiger partial charge in [0.25, 0.3) is 0 Å². The number of pyridine rings is 1. The Kier molecular flexibility index (Phi) is 8.40. The van der Waals surface area contributed by atoms with E-state index in [0.717, 1.165) is 45.0 Å². The molecule has 5 rings (SSSR count). The number of aryl methyl sites for hydroxylation is 2. The largest absolute Gasteiger partial charge is 0.497 e. The molecule has 0 aliphatic carbocycles. The minimum absolute atomic E-state index is 0.0820. The van der Waals surface area contributed by atoms with Crippen LogP contribution in [0.2, 0.25) is 5.02 Å². The van der Waals surface area contributed by atoms with Gasteiger partial charge in [0.2, 0.25) is 5.91 Å². The molecule has 0 spiro atoms. The van der Waals surface area contributed by atoms with Gasteiger partial charge in [0.15, 0.2) is 0 Å². The molecule has 1 amide bonds. The highest BCUT2D eigenvalue weighted by Gasteiger charge is 2.28. The molecule has 1 fully saturated rings. The molecule has 1 saturated heterocycles. The average molecular weight is 560 g/mol. The van der Waals surface area contributed by atoms with Gasteiger partial charge in [-0.15, -0.1) is 0 Å². The van der Waals surface area contributed by atoms with Gasteiger partial charge in [-0.25, -0.2) is 4.98 Å². The molecule has 3 heterocycles. The van der Waals surface area contributed by atoms with Crippen molar-refractivity contribution in [2.75, 3.05) is 26.8 Å². The van der Waals surface area contributed by atoms with Gasteiger partial charge in [-0.2, -0.15) is 0 Å². The number of nitrogens with zero attached hydrogens (tertiary/aromatic N) is 3. The van der Waals surface area contributed by atoms with E-state index in [0.29, 0.717) is 50.4 Å². The molecule has 0 unspecified atom stereocenters. The molecule has 0 atom stereocenters. The maximum Gasteiger partial charge on any atom is 0.309 e. The van der Waals surface area contributed by atoms with Crippen LogP contribution in [0.5, 0.6) is 5.75 Å². The highest BCUT2D eigenvalue weighted by atomic mass is 35.5. The molecular weight excluding hydrogens is 526 g/mol. The zero-order valence-electron chi connectivity index (χ0n) is 23.2. The summed E-state index contributed by atoms with van der Waals surface area (Å²) in [5, 5.41) is 0.704. The lowest BCUT2D eigenvalue weighted by Gasteiger charge is -2.31. The van der Waals surface area contributed by atoms with E-state index in [2.05, 4.69) is 16.7 Å². The summed E-state index contributed by atoms with van der Waals surface area (Å²) in [5.41, 5.74) is 6.77. The molecule has 1 aliphatic heterocycles. The molecule has 0 saturated carbocycles. The Hall–Kier alpha value is -3.84. The van der Waals surface area contributed by atoms with Crippen molar-refractivity contribution in [2.24, 2.45) is 5.92 Å². The lowest BCUT2D eigenvalue weighted by atomic mass is 9.96. The highest BCUT2D eigenvalue weighted by Crippen LogP contribution is 2.32. The lowest BCUT2D eigenvalue weighted by molar-refractivity contribution is -0.151. The van der Waals surface area contributed by atoms with Gasteiger partial charge in [0, 0.05) is 36.3 Å². The number of rotatable bonds is 8. The van der Waals surface area contributed by atoms with E-state index in [1.807, 2.05) is 67.3 Å². The van der Waals surface area contributed by atoms with E-state index >= 15 is 0 Å². The van der Waals surface area contributed by atoms with Gasteiger partial charge in [-0.3, -0.25) is 9.59 Å². The summed E-state index contributed by atoms with van der Waals surface area (Å²) < 4.78 is 12.7. The maximum atomic E-state index is 13.3. The molecule has 2 aromatic carbocycles. The van der Waals surface area contributed by atoms with Gasteiger partial charge in [-0.05, 0) is 86.2 Å². The summed E-state index contributed by atoms with van der Waals surface area (Å²) in [5.74, 6) is 0.546. The Labute approximate surface area is 239 Å². The predicted molar refractivity (Wildman–Crippen MR) is 157 cm³/mol. The van der Waals surface area contributed by atoms with E-state index in [1.54, 1.807) is 7.11 Å². The number of hydrogen-bond acceptors (Lipinski definition) is 5. The number of benzene rings is 2. The molecule has 8 heteroatoms. The van der Waals surface area contributed by atoms with Gasteiger partial charge in [-0.1, -0.05) is 29.8 Å². The normalized spacial score (nSPS) is 13.9. The number of carbonyl (C=O) groups is 2. The van der Waals surface area contributed by atoms with Crippen LogP contribution >= 0.6 is 11.6 Å². The Balaban J connectivity index is 1.44. The van der Waals surface area contributed by atoms with Crippen LogP contribution in [0.25, 0.3) is 28.0 Å². The Morgan fingerprint density at radius 1 is 1.05 bits per heavy atom. The van der Waals surface area contributed by atoms with Crippen LogP contribution < -0.4 is 4.74 Å². The summed E-state index contributed by atoms with van der Waals surface area (Å²) in [7, 11) is 1.65. The first kappa shape index (κ1) is 27.7. The Morgan fingerprint density at radius 3 is 2.58 bits per heavy atom. The van der Waals surface area contributed by atoms with Crippen molar-refractivity contribution in [3.63, 3.8) is 0 Å². The first-order chi connectivity index (χ1) is 19.4. The second-order valence-electron chi connectivity index (χ2n) is 10.2. The quantitative estimate of drug-likeness (QED) is 0.234. The van der Waals surface area contributed by atoms with Gasteiger partial charge >= 0.3 is 5.97 Å². The van der Waals surface area contributed by atoms with Crippen molar-refractivity contribution >= 4 is 29.1 Å². The molecule has 1 aliphatic rings. The number of aromatic nitrogens is 2. The van der Waals surface area contributed by atoms with E-state index < -0.39 is 0 Å². The number of hydrogen-bond donors (Lipinski definition) is 0. The number of methoxy groups -OCH3 is 1. The van der Waals surface area contributed by atoms with Gasteiger partial charge < -0.3 is 18.8 Å². The van der Waals surface area contributed by atoms with Crippen molar-refractivity contribution in [3.8, 4) is 28.1 Å². The number of amides is 1. The molecule has 0 N–H and O–H groups in total. The van der Waals surface area contributed by atoms with Crippen LogP contribution in [0.4, 0.5) is 0 Å². The molecule has 2 aromatic heterocycles. The summed E-state index contributed by atoms with van der Waals surface area (Å²) in [6, 6.07) is 17.8. The third-order valence-corrected chi connectivity index (χ3v) is 7.84. The van der Waals surface area contributed by atoms with Crippen LogP contribution in [0, 0.1) is 12.8 Å². The molecule has 40 heavy (non-hydrogen) atoms. The van der Waals surface area contributed by atoms with Crippen molar-refractivity contribution in [1.29, 1.82) is 0 Å². The standard InChI is InChI=1S/C32H34ClN3O4/c1-4-40-32(38)22-14-16-35(17-15-22)30(37)13-11-28-31(23-6-5-7-26(19-23)39-3)34-29-12-8-24(20-36(28)29)27-10-9-25(33)18-21(27)2/h5-10,12,18-20,22H,4,11,13-17H2,1-3H3. The smallest absolute Gasteiger partial charge is 0.309 e. The van der Waals surface area contributed by atoms with Crippen molar-refractivity contribution in [3.05, 3.63) is 77.1 Å². The van der Waals surface area contributed by atoms with Crippen LogP contribution in [0.1, 0.15) is 37.4 Å². The van der Waals surface area contributed by atoms with E-state index in [-0.39, 0.29) is 17.8 Å². The first-order valence-electron chi connectivity index (χ1n) is 13.7. The number of esters is 1. The van der Waals surface area contributed by atoms with Gasteiger partial charge in [0.1, 0.15) is 11.4 Å². The summed E-state index contributed by atoms with van der Waals surface area (Å²) in [6.45, 7) is 5.38. The number of fused-ring (bicyclic) bond motifs is 1. The average Bonchev–Trinajstić information content (AvgIpc) is 3.34. The van der Waals surface area contributed by atoms with Crippen molar-refractivity contribution < 1.29 is 19.1 Å². The van der Waals surface area contributed by atoms with Crippen molar-refractivity contribution in [1.82, 2.24) is 14.3 Å².